The van der Waals surface area contributed by atoms with Crippen molar-refractivity contribution in [1.82, 2.24) is 9.88 Å². The molecule has 1 saturated heterocycles. The highest BCUT2D eigenvalue weighted by molar-refractivity contribution is 6.30. The number of ketones is 1. The largest absolute Gasteiger partial charge is 0.296 e. The number of benzene rings is 1. The monoisotopic (exact) mass is 356 g/mol. The van der Waals surface area contributed by atoms with Crippen LogP contribution in [0.25, 0.3) is 0 Å². The minimum atomic E-state index is 0.110. The van der Waals surface area contributed by atoms with E-state index >= 15 is 0 Å². The number of likely N-dealkylation sites (tertiary alicyclic amines) is 1. The minimum Gasteiger partial charge on any atom is -0.296 e. The number of hydrogen-bond donors (Lipinski definition) is 0. The zero-order chi connectivity index (χ0) is 17.8. The molecule has 25 heavy (non-hydrogen) atoms. The number of carbonyl (C=O) groups excluding carboxylic acids is 1. The molecule has 0 aliphatic carbocycles. The van der Waals surface area contributed by atoms with Crippen LogP contribution in [0.5, 0.6) is 0 Å². The number of aromatic nitrogens is 1. The molecule has 0 spiro atoms. The molecule has 2 heterocycles. The molecule has 1 aliphatic rings. The molecule has 0 saturated carbocycles. The molecule has 1 atom stereocenters. The van der Waals surface area contributed by atoms with Gasteiger partial charge < -0.3 is 0 Å². The molecule has 1 aromatic heterocycles. The van der Waals surface area contributed by atoms with Crippen molar-refractivity contribution in [3.63, 3.8) is 0 Å². The molecule has 0 amide bonds. The molecular formula is C21H25ClN2O. The lowest BCUT2D eigenvalue weighted by atomic mass is 9.86. The van der Waals surface area contributed by atoms with Gasteiger partial charge in [-0.15, -0.1) is 0 Å². The predicted octanol–water partition coefficient (Wildman–Crippen LogP) is 5.03. The van der Waals surface area contributed by atoms with Gasteiger partial charge in [-0.3, -0.25) is 14.7 Å². The van der Waals surface area contributed by atoms with Crippen molar-refractivity contribution in [3.05, 3.63) is 64.9 Å². The van der Waals surface area contributed by atoms with Crippen LogP contribution < -0.4 is 0 Å². The minimum absolute atomic E-state index is 0.110. The van der Waals surface area contributed by atoms with Crippen LogP contribution in [0.15, 0.2) is 48.8 Å². The van der Waals surface area contributed by atoms with Crippen LogP contribution in [-0.4, -0.2) is 28.8 Å². The molecule has 0 bridgehead atoms. The van der Waals surface area contributed by atoms with E-state index < -0.39 is 0 Å². The molecule has 3 rings (SSSR count). The highest BCUT2D eigenvalue weighted by Gasteiger charge is 2.31. The van der Waals surface area contributed by atoms with Gasteiger partial charge in [0.1, 0.15) is 0 Å². The van der Waals surface area contributed by atoms with Crippen LogP contribution in [0.3, 0.4) is 0 Å². The molecule has 2 aromatic rings. The van der Waals surface area contributed by atoms with Gasteiger partial charge in [0.25, 0.3) is 0 Å². The Kier molecular flexibility index (Phi) is 5.87. The predicted molar refractivity (Wildman–Crippen MR) is 102 cm³/mol. The van der Waals surface area contributed by atoms with Crippen LogP contribution in [0.4, 0.5) is 0 Å². The number of hydrogen-bond acceptors (Lipinski definition) is 3. The number of pyridine rings is 1. The van der Waals surface area contributed by atoms with E-state index in [1.807, 2.05) is 30.6 Å². The lowest BCUT2D eigenvalue weighted by molar-refractivity contribution is 0.0736. The standard InChI is InChI=1S/C21H25ClN2O/c1-15(2)20(18-4-3-11-23-14-18)24-12-9-17(10-13-24)21(25)16-5-7-19(22)8-6-16/h3-8,11,14-15,17,20H,9-10,12-13H2,1-2H3. The van der Waals surface area contributed by atoms with E-state index in [0.717, 1.165) is 31.5 Å². The molecule has 0 N–H and O–H groups in total. The quantitative estimate of drug-likeness (QED) is 0.704. The van der Waals surface area contributed by atoms with Crippen LogP contribution in [0.1, 0.15) is 48.7 Å². The first kappa shape index (κ1) is 18.1. The van der Waals surface area contributed by atoms with E-state index in [0.29, 0.717) is 17.0 Å². The number of rotatable bonds is 5. The first-order valence-electron chi connectivity index (χ1n) is 9.00. The Balaban J connectivity index is 1.66. The third-order valence-electron chi connectivity index (χ3n) is 5.08. The summed E-state index contributed by atoms with van der Waals surface area (Å²) in [7, 11) is 0. The smallest absolute Gasteiger partial charge is 0.166 e. The normalized spacial score (nSPS) is 17.6. The van der Waals surface area contributed by atoms with Gasteiger partial charge in [0, 0.05) is 34.9 Å². The Morgan fingerprint density at radius 3 is 2.40 bits per heavy atom. The number of Topliss-reactive ketones (excluding diaryl/α,β-unsaturated/α-hetero) is 1. The van der Waals surface area contributed by atoms with Crippen molar-refractivity contribution in [1.29, 1.82) is 0 Å². The summed E-state index contributed by atoms with van der Waals surface area (Å²) in [5, 5.41) is 0.669. The van der Waals surface area contributed by atoms with Crippen LogP contribution in [0.2, 0.25) is 5.02 Å². The Morgan fingerprint density at radius 1 is 1.16 bits per heavy atom. The zero-order valence-electron chi connectivity index (χ0n) is 14.9. The van der Waals surface area contributed by atoms with Gasteiger partial charge in [0.2, 0.25) is 0 Å². The highest BCUT2D eigenvalue weighted by atomic mass is 35.5. The maximum Gasteiger partial charge on any atom is 0.166 e. The van der Waals surface area contributed by atoms with E-state index in [1.54, 1.807) is 12.1 Å². The number of halogens is 1. The summed E-state index contributed by atoms with van der Waals surface area (Å²) >= 11 is 5.92. The Labute approximate surface area is 155 Å². The van der Waals surface area contributed by atoms with Crippen LogP contribution in [0, 0.1) is 11.8 Å². The van der Waals surface area contributed by atoms with Crippen molar-refractivity contribution >= 4 is 17.4 Å². The second kappa shape index (κ2) is 8.11. The fourth-order valence-electron chi connectivity index (χ4n) is 3.86. The van der Waals surface area contributed by atoms with Gasteiger partial charge in [-0.05, 0) is 67.7 Å². The van der Waals surface area contributed by atoms with Crippen molar-refractivity contribution in [3.8, 4) is 0 Å². The highest BCUT2D eigenvalue weighted by Crippen LogP contribution is 2.33. The maximum absolute atomic E-state index is 12.7. The van der Waals surface area contributed by atoms with E-state index in [4.69, 9.17) is 11.6 Å². The van der Waals surface area contributed by atoms with E-state index in [1.165, 1.54) is 5.56 Å². The fourth-order valence-corrected chi connectivity index (χ4v) is 3.98. The molecular weight excluding hydrogens is 332 g/mol. The molecule has 3 nitrogen and oxygen atoms in total. The molecule has 1 fully saturated rings. The third kappa shape index (κ3) is 4.28. The summed E-state index contributed by atoms with van der Waals surface area (Å²) in [4.78, 5) is 19.5. The summed E-state index contributed by atoms with van der Waals surface area (Å²) in [5.74, 6) is 0.866. The van der Waals surface area contributed by atoms with E-state index in [2.05, 4.69) is 29.8 Å². The molecule has 1 unspecified atom stereocenters. The van der Waals surface area contributed by atoms with E-state index in [-0.39, 0.29) is 11.7 Å². The van der Waals surface area contributed by atoms with Crippen molar-refractivity contribution in [2.24, 2.45) is 11.8 Å². The Hall–Kier alpha value is -1.71. The summed E-state index contributed by atoms with van der Waals surface area (Å²) in [6.45, 7) is 6.40. The summed E-state index contributed by atoms with van der Waals surface area (Å²) in [6.07, 6.45) is 5.60. The van der Waals surface area contributed by atoms with Crippen LogP contribution >= 0.6 is 11.6 Å². The van der Waals surface area contributed by atoms with Crippen molar-refractivity contribution in [2.45, 2.75) is 32.7 Å². The summed E-state index contributed by atoms with van der Waals surface area (Å²) in [5.41, 5.74) is 2.04. The number of carbonyl (C=O) groups is 1. The van der Waals surface area contributed by atoms with Gasteiger partial charge in [0.15, 0.2) is 5.78 Å². The molecule has 4 heteroatoms. The summed E-state index contributed by atoms with van der Waals surface area (Å²) in [6, 6.07) is 11.8. The molecule has 1 aromatic carbocycles. The summed E-state index contributed by atoms with van der Waals surface area (Å²) < 4.78 is 0. The second-order valence-electron chi connectivity index (χ2n) is 7.16. The number of piperidine rings is 1. The lowest BCUT2D eigenvalue weighted by Gasteiger charge is -2.39. The third-order valence-corrected chi connectivity index (χ3v) is 5.33. The van der Waals surface area contributed by atoms with Gasteiger partial charge in [0.05, 0.1) is 0 Å². The maximum atomic E-state index is 12.7. The first-order valence-corrected chi connectivity index (χ1v) is 9.38. The molecule has 1 aliphatic heterocycles. The first-order chi connectivity index (χ1) is 12.1. The SMILES string of the molecule is CC(C)C(c1cccnc1)N1CCC(C(=O)c2ccc(Cl)cc2)CC1. The topological polar surface area (TPSA) is 33.2 Å². The second-order valence-corrected chi connectivity index (χ2v) is 7.59. The Bertz CT molecular complexity index is 692. The molecule has 132 valence electrons. The average Bonchev–Trinajstić information content (AvgIpc) is 2.63. The molecule has 0 radical (unpaired) electrons. The number of nitrogens with zero attached hydrogens (tertiary/aromatic N) is 2. The zero-order valence-corrected chi connectivity index (χ0v) is 15.6. The van der Waals surface area contributed by atoms with Crippen molar-refractivity contribution < 1.29 is 4.79 Å². The van der Waals surface area contributed by atoms with Gasteiger partial charge in [-0.25, -0.2) is 0 Å². The fraction of sp³-hybridized carbons (Fsp3) is 0.429. The van der Waals surface area contributed by atoms with E-state index in [9.17, 15) is 4.79 Å². The lowest BCUT2D eigenvalue weighted by Crippen LogP contribution is -2.40. The van der Waals surface area contributed by atoms with Crippen molar-refractivity contribution in [2.75, 3.05) is 13.1 Å². The van der Waals surface area contributed by atoms with Crippen LogP contribution in [-0.2, 0) is 0 Å². The average molecular weight is 357 g/mol. The van der Waals surface area contributed by atoms with Gasteiger partial charge >= 0.3 is 0 Å². The van der Waals surface area contributed by atoms with Gasteiger partial charge in [-0.1, -0.05) is 31.5 Å². The van der Waals surface area contributed by atoms with Gasteiger partial charge in [-0.2, -0.15) is 0 Å². The Morgan fingerprint density at radius 2 is 1.84 bits per heavy atom.